The minimum absolute atomic E-state index is 0.0390. The smallest absolute Gasteiger partial charge is 0.302 e. The number of amides is 1. The van der Waals surface area contributed by atoms with Gasteiger partial charge in [-0.1, -0.05) is 36.4 Å². The molecule has 0 fully saturated rings. The molecule has 1 amide bonds. The van der Waals surface area contributed by atoms with Crippen molar-refractivity contribution in [3.05, 3.63) is 83.9 Å². The monoisotopic (exact) mass is 375 g/mol. The van der Waals surface area contributed by atoms with Crippen LogP contribution in [0.3, 0.4) is 0 Å². The maximum Gasteiger partial charge on any atom is 0.302 e. The summed E-state index contributed by atoms with van der Waals surface area (Å²) >= 11 is 0. The van der Waals surface area contributed by atoms with Crippen LogP contribution in [0.4, 0.5) is 22.7 Å². The van der Waals surface area contributed by atoms with Gasteiger partial charge in [-0.05, 0) is 36.4 Å². The molecular formula is C22H21N3O3. The van der Waals surface area contributed by atoms with Crippen molar-refractivity contribution in [1.82, 2.24) is 0 Å². The highest BCUT2D eigenvalue weighted by molar-refractivity contribution is 5.97. The van der Waals surface area contributed by atoms with Crippen LogP contribution in [0.2, 0.25) is 0 Å². The number of hydrogen-bond donors (Lipinski definition) is 3. The van der Waals surface area contributed by atoms with Crippen LogP contribution in [0.15, 0.2) is 72.8 Å². The van der Waals surface area contributed by atoms with Gasteiger partial charge in [0.05, 0.1) is 11.4 Å². The quantitative estimate of drug-likeness (QED) is 0.534. The van der Waals surface area contributed by atoms with E-state index in [-0.39, 0.29) is 6.61 Å². The maximum atomic E-state index is 12.0. The molecule has 0 aromatic heterocycles. The van der Waals surface area contributed by atoms with Crippen molar-refractivity contribution < 1.29 is 14.3 Å². The Kier molecular flexibility index (Phi) is 5.91. The van der Waals surface area contributed by atoms with E-state index in [0.717, 1.165) is 17.1 Å². The Morgan fingerprint density at radius 1 is 0.857 bits per heavy atom. The van der Waals surface area contributed by atoms with Crippen LogP contribution in [-0.2, 0) is 16.1 Å². The van der Waals surface area contributed by atoms with E-state index in [0.29, 0.717) is 16.8 Å². The van der Waals surface area contributed by atoms with Crippen LogP contribution in [0.25, 0.3) is 0 Å². The summed E-state index contributed by atoms with van der Waals surface area (Å²) in [4.78, 5) is 23.2. The summed E-state index contributed by atoms with van der Waals surface area (Å²) in [6.07, 6.45) is 0. The Morgan fingerprint density at radius 2 is 1.36 bits per heavy atom. The highest BCUT2D eigenvalue weighted by Gasteiger charge is 2.15. The summed E-state index contributed by atoms with van der Waals surface area (Å²) in [7, 11) is 0. The summed E-state index contributed by atoms with van der Waals surface area (Å²) in [6.45, 7) is 1.28. The fourth-order valence-electron chi connectivity index (χ4n) is 2.73. The van der Waals surface area contributed by atoms with Crippen molar-refractivity contribution in [2.75, 3.05) is 10.6 Å². The number of ether oxygens (including phenoxy) is 1. The largest absolute Gasteiger partial charge is 0.461 e. The fraction of sp³-hybridized carbons (Fsp3) is 0.0909. The Morgan fingerprint density at radius 3 is 1.82 bits per heavy atom. The predicted octanol–water partition coefficient (Wildman–Crippen LogP) is 4.34. The molecule has 0 saturated heterocycles. The Labute approximate surface area is 163 Å². The molecule has 4 N–H and O–H groups in total. The van der Waals surface area contributed by atoms with Gasteiger partial charge in [-0.3, -0.25) is 9.59 Å². The van der Waals surface area contributed by atoms with E-state index in [4.69, 9.17) is 10.5 Å². The topological polar surface area (TPSA) is 93.4 Å². The molecular weight excluding hydrogens is 354 g/mol. The van der Waals surface area contributed by atoms with Gasteiger partial charge in [0.15, 0.2) is 0 Å². The molecule has 0 aliphatic carbocycles. The highest BCUT2D eigenvalue weighted by Crippen LogP contribution is 2.32. The van der Waals surface area contributed by atoms with E-state index < -0.39 is 11.9 Å². The zero-order chi connectivity index (χ0) is 19.9. The van der Waals surface area contributed by atoms with Crippen LogP contribution < -0.4 is 16.4 Å². The first-order valence-electron chi connectivity index (χ1n) is 8.77. The molecule has 0 unspecified atom stereocenters. The third-order valence-electron chi connectivity index (χ3n) is 4.05. The number of para-hydroxylation sites is 2. The van der Waals surface area contributed by atoms with Crippen molar-refractivity contribution in [3.8, 4) is 0 Å². The van der Waals surface area contributed by atoms with E-state index in [2.05, 4.69) is 10.6 Å². The molecule has 0 atom stereocenters. The number of benzene rings is 3. The molecule has 3 aromatic rings. The molecule has 6 nitrogen and oxygen atoms in total. The van der Waals surface area contributed by atoms with Gasteiger partial charge in [0.1, 0.15) is 6.61 Å². The van der Waals surface area contributed by atoms with Crippen molar-refractivity contribution in [3.63, 3.8) is 0 Å². The van der Waals surface area contributed by atoms with Crippen LogP contribution in [-0.4, -0.2) is 11.9 Å². The number of rotatable bonds is 7. The standard InChI is InChI=1S/C22H21N3O3/c1-15(26)28-14-16-12-20(24-17-8-4-2-5-9-17)21(13-19(16)22(23)27)25-18-10-6-3-7-11-18/h2-13,24-25H,14H2,1H3,(H2,23,27). The van der Waals surface area contributed by atoms with Crippen molar-refractivity contribution in [2.45, 2.75) is 13.5 Å². The molecule has 0 heterocycles. The van der Waals surface area contributed by atoms with E-state index in [1.807, 2.05) is 60.7 Å². The summed E-state index contributed by atoms with van der Waals surface area (Å²) in [6, 6.07) is 22.6. The molecule has 0 saturated carbocycles. The molecule has 142 valence electrons. The average Bonchev–Trinajstić information content (AvgIpc) is 2.69. The SMILES string of the molecule is CC(=O)OCc1cc(Nc2ccccc2)c(Nc2ccccc2)cc1C(N)=O. The molecule has 0 spiro atoms. The van der Waals surface area contributed by atoms with Gasteiger partial charge in [0.25, 0.3) is 0 Å². The number of carbonyl (C=O) groups excluding carboxylic acids is 2. The number of primary amides is 1. The first-order valence-corrected chi connectivity index (χ1v) is 8.77. The second-order valence-electron chi connectivity index (χ2n) is 6.18. The molecule has 3 aromatic carbocycles. The summed E-state index contributed by atoms with van der Waals surface area (Å²) in [5.41, 5.74) is 9.52. The second kappa shape index (κ2) is 8.73. The van der Waals surface area contributed by atoms with Crippen molar-refractivity contribution in [1.29, 1.82) is 0 Å². The van der Waals surface area contributed by atoms with Crippen molar-refractivity contribution >= 4 is 34.6 Å². The number of hydrogen-bond acceptors (Lipinski definition) is 5. The Bertz CT molecular complexity index is 973. The second-order valence-corrected chi connectivity index (χ2v) is 6.18. The van der Waals surface area contributed by atoms with E-state index in [9.17, 15) is 9.59 Å². The van der Waals surface area contributed by atoms with Gasteiger partial charge in [-0.2, -0.15) is 0 Å². The van der Waals surface area contributed by atoms with Gasteiger partial charge >= 0.3 is 5.97 Å². The Balaban J connectivity index is 2.04. The number of carbonyl (C=O) groups is 2. The minimum atomic E-state index is -0.593. The lowest BCUT2D eigenvalue weighted by molar-refractivity contribution is -0.142. The third-order valence-corrected chi connectivity index (χ3v) is 4.05. The fourth-order valence-corrected chi connectivity index (χ4v) is 2.73. The molecule has 0 radical (unpaired) electrons. The lowest BCUT2D eigenvalue weighted by Crippen LogP contribution is -2.16. The summed E-state index contributed by atoms with van der Waals surface area (Å²) < 4.78 is 5.09. The number of anilines is 4. The molecule has 28 heavy (non-hydrogen) atoms. The van der Waals surface area contributed by atoms with Gasteiger partial charge in [0.2, 0.25) is 5.91 Å². The Hall–Kier alpha value is -3.80. The summed E-state index contributed by atoms with van der Waals surface area (Å²) in [5.74, 6) is -1.02. The van der Waals surface area contributed by atoms with Crippen LogP contribution in [0.5, 0.6) is 0 Å². The number of esters is 1. The van der Waals surface area contributed by atoms with Crippen LogP contribution >= 0.6 is 0 Å². The molecule has 3 rings (SSSR count). The third kappa shape index (κ3) is 4.88. The van der Waals surface area contributed by atoms with E-state index >= 15 is 0 Å². The van der Waals surface area contributed by atoms with Gasteiger partial charge in [0, 0.05) is 29.4 Å². The minimum Gasteiger partial charge on any atom is -0.461 e. The predicted molar refractivity (Wildman–Crippen MR) is 110 cm³/mol. The summed E-state index contributed by atoms with van der Waals surface area (Å²) in [5, 5.41) is 6.63. The average molecular weight is 375 g/mol. The van der Waals surface area contributed by atoms with Crippen molar-refractivity contribution in [2.24, 2.45) is 5.73 Å². The first-order chi connectivity index (χ1) is 13.5. The van der Waals surface area contributed by atoms with E-state index in [1.54, 1.807) is 12.1 Å². The lowest BCUT2D eigenvalue weighted by atomic mass is 10.0. The molecule has 6 heteroatoms. The number of nitrogens with two attached hydrogens (primary N) is 1. The van der Waals surface area contributed by atoms with Gasteiger partial charge < -0.3 is 21.1 Å². The normalized spacial score (nSPS) is 10.2. The maximum absolute atomic E-state index is 12.0. The number of nitrogens with one attached hydrogen (secondary N) is 2. The van der Waals surface area contributed by atoms with Crippen LogP contribution in [0, 0.1) is 0 Å². The molecule has 0 bridgehead atoms. The molecule has 0 aliphatic rings. The lowest BCUT2D eigenvalue weighted by Gasteiger charge is -2.18. The zero-order valence-electron chi connectivity index (χ0n) is 15.4. The van der Waals surface area contributed by atoms with E-state index in [1.165, 1.54) is 6.92 Å². The van der Waals surface area contributed by atoms with Gasteiger partial charge in [-0.25, -0.2) is 0 Å². The molecule has 0 aliphatic heterocycles. The first kappa shape index (κ1) is 19.0. The highest BCUT2D eigenvalue weighted by atomic mass is 16.5. The van der Waals surface area contributed by atoms with Gasteiger partial charge in [-0.15, -0.1) is 0 Å². The van der Waals surface area contributed by atoms with Crippen LogP contribution in [0.1, 0.15) is 22.8 Å². The zero-order valence-corrected chi connectivity index (χ0v) is 15.4.